The van der Waals surface area contributed by atoms with E-state index in [9.17, 15) is 27.6 Å². The average Bonchev–Trinajstić information content (AvgIpc) is 3.54. The third-order valence-electron chi connectivity index (χ3n) is 7.93. The summed E-state index contributed by atoms with van der Waals surface area (Å²) >= 11 is 0.795. The Hall–Kier alpha value is -4.30. The molecular formula is C32H34F3N5O5S. The molecule has 1 aliphatic rings. The van der Waals surface area contributed by atoms with Gasteiger partial charge in [-0.25, -0.2) is 19.6 Å². The number of hydrogen-bond acceptors (Lipinski definition) is 8. The summed E-state index contributed by atoms with van der Waals surface area (Å²) < 4.78 is 53.3. The number of anilines is 1. The third-order valence-corrected chi connectivity index (χ3v) is 8.81. The second-order valence-corrected chi connectivity index (χ2v) is 11.7. The molecule has 0 saturated carbocycles. The van der Waals surface area contributed by atoms with Crippen LogP contribution in [0.1, 0.15) is 62.1 Å². The van der Waals surface area contributed by atoms with Crippen LogP contribution in [0, 0.1) is 5.92 Å². The van der Waals surface area contributed by atoms with Crippen molar-refractivity contribution in [3.63, 3.8) is 0 Å². The molecule has 4 heterocycles. The minimum atomic E-state index is -4.65. The fraction of sp³-hybridized carbons (Fsp3) is 0.406. The van der Waals surface area contributed by atoms with Crippen molar-refractivity contribution in [2.24, 2.45) is 5.92 Å². The molecule has 1 unspecified atom stereocenters. The summed E-state index contributed by atoms with van der Waals surface area (Å²) in [7, 11) is 0. The van der Waals surface area contributed by atoms with Crippen LogP contribution in [0.25, 0.3) is 32.6 Å². The van der Waals surface area contributed by atoms with Crippen LogP contribution in [-0.4, -0.2) is 52.9 Å². The quantitative estimate of drug-likeness (QED) is 0.188. The number of aromatic nitrogens is 3. The number of carbonyl (C=O) groups is 2. The molecular weight excluding hydrogens is 623 g/mol. The van der Waals surface area contributed by atoms with Crippen molar-refractivity contribution in [3.05, 3.63) is 63.5 Å². The summed E-state index contributed by atoms with van der Waals surface area (Å²) in [5, 5.41) is 6.38. The highest BCUT2D eigenvalue weighted by Crippen LogP contribution is 2.40. The second kappa shape index (κ2) is 14.0. The number of thiazole rings is 1. The first-order chi connectivity index (χ1) is 22.0. The van der Waals surface area contributed by atoms with E-state index < -0.39 is 29.3 Å². The van der Waals surface area contributed by atoms with Crippen molar-refractivity contribution in [1.82, 2.24) is 19.9 Å². The number of esters is 1. The molecule has 1 saturated heterocycles. The van der Waals surface area contributed by atoms with Gasteiger partial charge in [0, 0.05) is 60.1 Å². The number of amides is 2. The zero-order valence-electron chi connectivity index (χ0n) is 25.6. The molecule has 2 amide bonds. The van der Waals surface area contributed by atoms with Crippen LogP contribution in [-0.2, 0) is 15.7 Å². The Labute approximate surface area is 267 Å². The summed E-state index contributed by atoms with van der Waals surface area (Å²) in [5.74, 6) is -0.378. The summed E-state index contributed by atoms with van der Waals surface area (Å²) in [6, 6.07) is 6.03. The minimum Gasteiger partial charge on any atom is -0.462 e. The SMILES string of the molecule is CCNC(=O)Nc1cc(-c2nc(C(F)(F)F)cs2)c(-c2ccc3c(c2)c(=O)c(C(=O)OCC)cn3C(CC)C2CCOCC2)cn1. The minimum absolute atomic E-state index is 0.0287. The molecule has 0 spiro atoms. The van der Waals surface area contributed by atoms with E-state index in [1.54, 1.807) is 38.2 Å². The highest BCUT2D eigenvalue weighted by molar-refractivity contribution is 7.13. The van der Waals surface area contributed by atoms with E-state index in [4.69, 9.17) is 9.47 Å². The molecule has 1 aromatic carbocycles. The fourth-order valence-corrected chi connectivity index (χ4v) is 6.65. The Morgan fingerprint density at radius 1 is 1.15 bits per heavy atom. The maximum atomic E-state index is 13.8. The Kier molecular flexibility index (Phi) is 10.1. The highest BCUT2D eigenvalue weighted by Gasteiger charge is 2.34. The van der Waals surface area contributed by atoms with Gasteiger partial charge in [-0.05, 0) is 62.8 Å². The number of benzene rings is 1. The molecule has 0 bridgehead atoms. The van der Waals surface area contributed by atoms with Crippen molar-refractivity contribution in [2.75, 3.05) is 31.7 Å². The van der Waals surface area contributed by atoms with Crippen LogP contribution >= 0.6 is 11.3 Å². The van der Waals surface area contributed by atoms with Crippen LogP contribution in [0.5, 0.6) is 0 Å². The largest absolute Gasteiger partial charge is 0.462 e. The summed E-state index contributed by atoms with van der Waals surface area (Å²) in [5.41, 5.74) is 0.0581. The van der Waals surface area contributed by atoms with Gasteiger partial charge in [-0.1, -0.05) is 13.0 Å². The third kappa shape index (κ3) is 6.92. The van der Waals surface area contributed by atoms with Gasteiger partial charge in [-0.2, -0.15) is 13.2 Å². The number of hydrogen-bond donors (Lipinski definition) is 2. The van der Waals surface area contributed by atoms with Crippen LogP contribution in [0.2, 0.25) is 0 Å². The van der Waals surface area contributed by atoms with Crippen LogP contribution in [0.4, 0.5) is 23.8 Å². The number of pyridine rings is 2. The van der Waals surface area contributed by atoms with Gasteiger partial charge in [0.15, 0.2) is 5.69 Å². The molecule has 1 aliphatic heterocycles. The van der Waals surface area contributed by atoms with E-state index in [1.165, 1.54) is 12.3 Å². The zero-order valence-corrected chi connectivity index (χ0v) is 26.4. The van der Waals surface area contributed by atoms with Crippen LogP contribution < -0.4 is 16.1 Å². The van der Waals surface area contributed by atoms with E-state index >= 15 is 0 Å². The number of halogens is 3. The normalized spacial score (nSPS) is 14.7. The maximum Gasteiger partial charge on any atom is 0.434 e. The maximum absolute atomic E-state index is 13.8. The standard InChI is InChI=1S/C32H34F3N5O5S/c1-4-24(18-9-11-44-12-10-18)40-16-23(30(42)45-6-3)28(41)21-13-19(7-8-25(21)40)22-15-37-27(39-31(43)36-5-2)14-20(22)29-38-26(17-46-29)32(33,34)35/h7-8,13-18,24H,4-6,9-12H2,1-3H3,(H2,36,37,39,43). The van der Waals surface area contributed by atoms with Gasteiger partial charge in [0.25, 0.3) is 0 Å². The van der Waals surface area contributed by atoms with Crippen molar-refractivity contribution < 1.29 is 32.2 Å². The highest BCUT2D eigenvalue weighted by atomic mass is 32.1. The van der Waals surface area contributed by atoms with E-state index in [0.29, 0.717) is 36.4 Å². The molecule has 5 rings (SSSR count). The molecule has 4 aromatic rings. The molecule has 1 atom stereocenters. The number of urea groups is 1. The molecule has 2 N–H and O–H groups in total. The van der Waals surface area contributed by atoms with E-state index in [0.717, 1.165) is 36.0 Å². The van der Waals surface area contributed by atoms with Gasteiger partial charge in [-0.15, -0.1) is 11.3 Å². The number of ether oxygens (including phenoxy) is 2. The second-order valence-electron chi connectivity index (χ2n) is 10.8. The first-order valence-corrected chi connectivity index (χ1v) is 16.0. The van der Waals surface area contributed by atoms with Gasteiger partial charge in [0.05, 0.1) is 12.1 Å². The van der Waals surface area contributed by atoms with Crippen LogP contribution in [0.3, 0.4) is 0 Å². The molecule has 0 aliphatic carbocycles. The number of rotatable bonds is 9. The van der Waals surface area contributed by atoms with Gasteiger partial charge < -0.3 is 19.4 Å². The Balaban J connectivity index is 1.70. The van der Waals surface area contributed by atoms with E-state index in [2.05, 4.69) is 27.5 Å². The molecule has 1 fully saturated rings. The Bertz CT molecular complexity index is 1800. The smallest absolute Gasteiger partial charge is 0.434 e. The topological polar surface area (TPSA) is 124 Å². The van der Waals surface area contributed by atoms with Crippen molar-refractivity contribution >= 4 is 40.1 Å². The Morgan fingerprint density at radius 3 is 2.57 bits per heavy atom. The average molecular weight is 658 g/mol. The van der Waals surface area contributed by atoms with Gasteiger partial charge in [0.2, 0.25) is 5.43 Å². The number of fused-ring (bicyclic) bond motifs is 1. The Morgan fingerprint density at radius 2 is 1.91 bits per heavy atom. The number of carbonyl (C=O) groups excluding carboxylic acids is 2. The van der Waals surface area contributed by atoms with E-state index in [1.807, 2.05) is 4.57 Å². The number of nitrogens with zero attached hydrogens (tertiary/aromatic N) is 3. The molecule has 3 aromatic heterocycles. The predicted octanol–water partition coefficient (Wildman–Crippen LogP) is 6.90. The number of nitrogens with one attached hydrogen (secondary N) is 2. The molecule has 0 radical (unpaired) electrons. The molecule has 46 heavy (non-hydrogen) atoms. The van der Waals surface area contributed by atoms with Gasteiger partial charge in [0.1, 0.15) is 16.4 Å². The molecule has 14 heteroatoms. The van der Waals surface area contributed by atoms with E-state index in [-0.39, 0.29) is 45.9 Å². The zero-order chi connectivity index (χ0) is 33.0. The lowest BCUT2D eigenvalue weighted by Gasteiger charge is -2.32. The first kappa shape index (κ1) is 33.1. The van der Waals surface area contributed by atoms with Crippen molar-refractivity contribution in [1.29, 1.82) is 0 Å². The summed E-state index contributed by atoms with van der Waals surface area (Å²) in [6.45, 7) is 7.15. The number of alkyl halides is 3. The predicted molar refractivity (Wildman–Crippen MR) is 169 cm³/mol. The molecule has 10 nitrogen and oxygen atoms in total. The molecule has 244 valence electrons. The summed E-state index contributed by atoms with van der Waals surface area (Å²) in [4.78, 5) is 47.2. The van der Waals surface area contributed by atoms with Crippen molar-refractivity contribution in [2.45, 2.75) is 52.3 Å². The summed E-state index contributed by atoms with van der Waals surface area (Å²) in [6.07, 6.45) is 0.747. The first-order valence-electron chi connectivity index (χ1n) is 15.1. The monoisotopic (exact) mass is 657 g/mol. The lowest BCUT2D eigenvalue weighted by Crippen LogP contribution is -2.28. The van der Waals surface area contributed by atoms with Crippen molar-refractivity contribution in [3.8, 4) is 21.7 Å². The fourth-order valence-electron chi connectivity index (χ4n) is 5.79. The lowest BCUT2D eigenvalue weighted by atomic mass is 9.89. The van der Waals surface area contributed by atoms with Crippen LogP contribution in [0.15, 0.2) is 46.8 Å². The van der Waals surface area contributed by atoms with Gasteiger partial charge in [-0.3, -0.25) is 10.1 Å². The lowest BCUT2D eigenvalue weighted by molar-refractivity contribution is -0.140. The van der Waals surface area contributed by atoms with Gasteiger partial charge >= 0.3 is 18.2 Å².